The van der Waals surface area contributed by atoms with Crippen LogP contribution in [0.2, 0.25) is 0 Å². The first-order chi connectivity index (χ1) is 9.17. The maximum atomic E-state index is 9.77. The van der Waals surface area contributed by atoms with Crippen LogP contribution in [0.1, 0.15) is 25.3 Å². The Balaban J connectivity index is 2.29. The van der Waals surface area contributed by atoms with Crippen molar-refractivity contribution >= 4 is 5.69 Å². The molecule has 0 radical (unpaired) electrons. The van der Waals surface area contributed by atoms with Gasteiger partial charge in [0.05, 0.1) is 19.8 Å². The lowest BCUT2D eigenvalue weighted by Crippen LogP contribution is -2.25. The van der Waals surface area contributed by atoms with Gasteiger partial charge in [-0.2, -0.15) is 0 Å². The van der Waals surface area contributed by atoms with Crippen LogP contribution in [0.25, 0.3) is 0 Å². The summed E-state index contributed by atoms with van der Waals surface area (Å²) < 4.78 is 10.6. The molecule has 2 N–H and O–H groups in total. The standard InChI is InChI=1S/C15H25NO3/c1-4-5-8-19-11-14(17)10-16-13-6-7-15(18-3)12(2)9-13/h6-7,9,14,16-17H,4-5,8,10-11H2,1-3H3. The molecular formula is C15H25NO3. The lowest BCUT2D eigenvalue weighted by molar-refractivity contribution is 0.0422. The minimum Gasteiger partial charge on any atom is -0.496 e. The average molecular weight is 267 g/mol. The number of nitrogens with one attached hydrogen (secondary N) is 1. The molecule has 0 amide bonds. The van der Waals surface area contributed by atoms with Crippen LogP contribution < -0.4 is 10.1 Å². The van der Waals surface area contributed by atoms with Crippen LogP contribution in [0.15, 0.2) is 18.2 Å². The lowest BCUT2D eigenvalue weighted by atomic mass is 10.2. The highest BCUT2D eigenvalue weighted by Gasteiger charge is 2.05. The van der Waals surface area contributed by atoms with Gasteiger partial charge in [0.15, 0.2) is 0 Å². The number of aliphatic hydroxyl groups is 1. The van der Waals surface area contributed by atoms with E-state index in [9.17, 15) is 5.11 Å². The number of anilines is 1. The summed E-state index contributed by atoms with van der Waals surface area (Å²) in [4.78, 5) is 0. The van der Waals surface area contributed by atoms with Crippen LogP contribution in [0.4, 0.5) is 5.69 Å². The van der Waals surface area contributed by atoms with Crippen LogP contribution >= 0.6 is 0 Å². The summed E-state index contributed by atoms with van der Waals surface area (Å²) in [7, 11) is 1.66. The molecule has 0 aliphatic carbocycles. The van der Waals surface area contributed by atoms with E-state index in [-0.39, 0.29) is 0 Å². The van der Waals surface area contributed by atoms with Gasteiger partial charge in [0.2, 0.25) is 0 Å². The fraction of sp³-hybridized carbons (Fsp3) is 0.600. The molecule has 1 aromatic carbocycles. The second kappa shape index (κ2) is 8.77. The summed E-state index contributed by atoms with van der Waals surface area (Å²) in [5, 5.41) is 13.0. The van der Waals surface area contributed by atoms with Gasteiger partial charge in [-0.3, -0.25) is 0 Å². The Kier molecular flexibility index (Phi) is 7.30. The predicted octanol–water partition coefficient (Wildman–Crippen LogP) is 2.59. The molecule has 0 saturated heterocycles. The highest BCUT2D eigenvalue weighted by Crippen LogP contribution is 2.21. The van der Waals surface area contributed by atoms with E-state index in [1.54, 1.807) is 7.11 Å². The SMILES string of the molecule is CCCCOCC(O)CNc1ccc(OC)c(C)c1. The van der Waals surface area contributed by atoms with Crippen LogP contribution in [-0.2, 0) is 4.74 Å². The van der Waals surface area contributed by atoms with Gasteiger partial charge < -0.3 is 19.9 Å². The molecule has 4 nitrogen and oxygen atoms in total. The van der Waals surface area contributed by atoms with E-state index in [2.05, 4.69) is 12.2 Å². The molecule has 0 heterocycles. The van der Waals surface area contributed by atoms with E-state index in [4.69, 9.17) is 9.47 Å². The minimum absolute atomic E-state index is 0.377. The lowest BCUT2D eigenvalue weighted by Gasteiger charge is -2.14. The van der Waals surface area contributed by atoms with Gasteiger partial charge in [0.25, 0.3) is 0 Å². The Morgan fingerprint density at radius 1 is 1.37 bits per heavy atom. The number of hydrogen-bond acceptors (Lipinski definition) is 4. The third-order valence-electron chi connectivity index (χ3n) is 2.89. The Labute approximate surface area is 115 Å². The fourth-order valence-corrected chi connectivity index (χ4v) is 1.75. The topological polar surface area (TPSA) is 50.7 Å². The first-order valence-corrected chi connectivity index (χ1v) is 6.81. The van der Waals surface area contributed by atoms with Crippen LogP contribution in [0.5, 0.6) is 5.75 Å². The summed E-state index contributed by atoms with van der Waals surface area (Å²) in [5.41, 5.74) is 2.05. The van der Waals surface area contributed by atoms with Crippen molar-refractivity contribution in [3.05, 3.63) is 23.8 Å². The van der Waals surface area contributed by atoms with Gasteiger partial charge in [-0.1, -0.05) is 13.3 Å². The summed E-state index contributed by atoms with van der Waals surface area (Å²) >= 11 is 0. The van der Waals surface area contributed by atoms with Crippen LogP contribution in [0, 0.1) is 6.92 Å². The molecule has 1 unspecified atom stereocenters. The second-order valence-corrected chi connectivity index (χ2v) is 4.65. The fourth-order valence-electron chi connectivity index (χ4n) is 1.75. The molecular weight excluding hydrogens is 242 g/mol. The number of methoxy groups -OCH3 is 1. The van der Waals surface area contributed by atoms with Crippen LogP contribution in [-0.4, -0.2) is 38.1 Å². The maximum Gasteiger partial charge on any atom is 0.121 e. The zero-order chi connectivity index (χ0) is 14.1. The van der Waals surface area contributed by atoms with Crippen molar-refractivity contribution in [2.45, 2.75) is 32.8 Å². The average Bonchev–Trinajstić information content (AvgIpc) is 2.41. The predicted molar refractivity (Wildman–Crippen MR) is 78.0 cm³/mol. The first-order valence-electron chi connectivity index (χ1n) is 6.81. The van der Waals surface area contributed by atoms with E-state index in [0.29, 0.717) is 13.2 Å². The highest BCUT2D eigenvalue weighted by atomic mass is 16.5. The van der Waals surface area contributed by atoms with Crippen molar-refractivity contribution in [3.8, 4) is 5.75 Å². The van der Waals surface area contributed by atoms with Crippen LogP contribution in [0.3, 0.4) is 0 Å². The number of ether oxygens (including phenoxy) is 2. The van der Waals surface area contributed by atoms with Gasteiger partial charge in [-0.25, -0.2) is 0 Å². The number of rotatable bonds is 9. The van der Waals surface area contributed by atoms with E-state index in [1.807, 2.05) is 25.1 Å². The van der Waals surface area contributed by atoms with Gasteiger partial charge in [0, 0.05) is 18.8 Å². The molecule has 0 aliphatic rings. The molecule has 0 spiro atoms. The van der Waals surface area contributed by atoms with Gasteiger partial charge >= 0.3 is 0 Å². The van der Waals surface area contributed by atoms with E-state index in [1.165, 1.54) is 0 Å². The molecule has 19 heavy (non-hydrogen) atoms. The molecule has 0 aromatic heterocycles. The Hall–Kier alpha value is -1.26. The molecule has 108 valence electrons. The molecule has 1 atom stereocenters. The number of aliphatic hydroxyl groups excluding tert-OH is 1. The number of benzene rings is 1. The van der Waals surface area contributed by atoms with E-state index < -0.39 is 6.10 Å². The normalized spacial score (nSPS) is 12.2. The zero-order valence-corrected chi connectivity index (χ0v) is 12.1. The van der Waals surface area contributed by atoms with Gasteiger partial charge in [-0.15, -0.1) is 0 Å². The molecule has 1 aromatic rings. The highest BCUT2D eigenvalue weighted by molar-refractivity contribution is 5.50. The zero-order valence-electron chi connectivity index (χ0n) is 12.1. The monoisotopic (exact) mass is 267 g/mol. The molecule has 0 saturated carbocycles. The van der Waals surface area contributed by atoms with Gasteiger partial charge in [-0.05, 0) is 37.1 Å². The number of unbranched alkanes of at least 4 members (excludes halogenated alkanes) is 1. The third kappa shape index (κ3) is 5.94. The van der Waals surface area contributed by atoms with Crippen molar-refractivity contribution in [3.63, 3.8) is 0 Å². The Morgan fingerprint density at radius 3 is 2.79 bits per heavy atom. The molecule has 0 bridgehead atoms. The molecule has 1 rings (SSSR count). The van der Waals surface area contributed by atoms with E-state index >= 15 is 0 Å². The number of aryl methyl sites for hydroxylation is 1. The maximum absolute atomic E-state index is 9.77. The molecule has 4 heteroatoms. The van der Waals surface area contributed by atoms with E-state index in [0.717, 1.165) is 36.4 Å². The summed E-state index contributed by atoms with van der Waals surface area (Å²) in [6.07, 6.45) is 1.66. The van der Waals surface area contributed by atoms with Crippen molar-refractivity contribution in [1.29, 1.82) is 0 Å². The summed E-state index contributed by atoms with van der Waals surface area (Å²) in [6.45, 7) is 5.69. The van der Waals surface area contributed by atoms with Crippen molar-refractivity contribution in [2.24, 2.45) is 0 Å². The minimum atomic E-state index is -0.487. The van der Waals surface area contributed by atoms with Crippen molar-refractivity contribution in [1.82, 2.24) is 0 Å². The summed E-state index contributed by atoms with van der Waals surface area (Å²) in [5.74, 6) is 0.869. The van der Waals surface area contributed by atoms with Crippen molar-refractivity contribution < 1.29 is 14.6 Å². The molecule has 0 fully saturated rings. The first kappa shape index (κ1) is 15.8. The molecule has 0 aliphatic heterocycles. The third-order valence-corrected chi connectivity index (χ3v) is 2.89. The van der Waals surface area contributed by atoms with Gasteiger partial charge in [0.1, 0.15) is 5.75 Å². The quantitative estimate of drug-likeness (QED) is 0.675. The Bertz CT molecular complexity index is 368. The number of hydrogen-bond donors (Lipinski definition) is 2. The van der Waals surface area contributed by atoms with Crippen molar-refractivity contribution in [2.75, 3.05) is 32.2 Å². The Morgan fingerprint density at radius 2 is 2.16 bits per heavy atom. The largest absolute Gasteiger partial charge is 0.496 e. The smallest absolute Gasteiger partial charge is 0.121 e. The second-order valence-electron chi connectivity index (χ2n) is 4.65. The summed E-state index contributed by atoms with van der Waals surface area (Å²) in [6, 6.07) is 5.86.